The number of aromatic nitrogens is 2. The number of methoxy groups -OCH3 is 1. The predicted octanol–water partition coefficient (Wildman–Crippen LogP) is 9.78. The molecule has 3 aliphatic rings. The first-order valence-corrected chi connectivity index (χ1v) is 20.2. The molecule has 9 heteroatoms. The van der Waals surface area contributed by atoms with Crippen LogP contribution in [0.2, 0.25) is 0 Å². The van der Waals surface area contributed by atoms with Gasteiger partial charge in [-0.3, -0.25) is 0 Å². The lowest BCUT2D eigenvalue weighted by atomic mass is 9.75. The lowest BCUT2D eigenvalue weighted by Crippen LogP contribution is -2.37. The maximum absolute atomic E-state index is 14.0. The van der Waals surface area contributed by atoms with Crippen molar-refractivity contribution < 1.29 is 28.8 Å². The molecule has 2 aliphatic carbocycles. The van der Waals surface area contributed by atoms with Crippen LogP contribution in [-0.2, 0) is 21.7 Å². The standard InChI is InChI=1S/C44H54N2O6S/c1-25(2)34-17-8-27(5)20-40(34)50-33-14-10-29(39(24-33)51-41-21-28(6)9-18-35(41)26(3)4)22-36-42(30-11-19-37-38(23-30)46-53-45-37)43(47)52-44(36,48)31-12-15-32(49-7)16-13-31/h10-16,19,23-28,34-35,40-41,48H,8-9,17-18,20-22H2,1-7H3. The lowest BCUT2D eigenvalue weighted by Gasteiger charge is -2.38. The minimum Gasteiger partial charge on any atom is -0.497 e. The van der Waals surface area contributed by atoms with Crippen molar-refractivity contribution in [2.75, 3.05) is 7.11 Å². The molecule has 2 fully saturated rings. The van der Waals surface area contributed by atoms with Gasteiger partial charge in [0, 0.05) is 23.6 Å². The molecule has 8 nitrogen and oxygen atoms in total. The molecule has 3 aromatic carbocycles. The van der Waals surface area contributed by atoms with Crippen LogP contribution in [0.1, 0.15) is 96.8 Å². The van der Waals surface area contributed by atoms with Crippen LogP contribution in [0, 0.1) is 35.5 Å². The second-order valence-electron chi connectivity index (χ2n) is 16.5. The van der Waals surface area contributed by atoms with Crippen LogP contribution in [-0.4, -0.2) is 39.1 Å². The first kappa shape index (κ1) is 37.4. The van der Waals surface area contributed by atoms with E-state index in [1.54, 1.807) is 31.4 Å². The minimum absolute atomic E-state index is 0.0285. The van der Waals surface area contributed by atoms with Crippen LogP contribution in [0.25, 0.3) is 16.6 Å². The highest BCUT2D eigenvalue weighted by molar-refractivity contribution is 7.00. The fourth-order valence-corrected chi connectivity index (χ4v) is 9.44. The summed E-state index contributed by atoms with van der Waals surface area (Å²) in [7, 11) is 1.59. The zero-order valence-electron chi connectivity index (χ0n) is 32.1. The molecule has 7 unspecified atom stereocenters. The summed E-state index contributed by atoms with van der Waals surface area (Å²) in [6.07, 6.45) is 7.06. The van der Waals surface area contributed by atoms with Crippen molar-refractivity contribution in [3.63, 3.8) is 0 Å². The summed E-state index contributed by atoms with van der Waals surface area (Å²) in [5.74, 6) is 2.58. The van der Waals surface area contributed by atoms with Gasteiger partial charge in [0.25, 0.3) is 5.79 Å². The van der Waals surface area contributed by atoms with Gasteiger partial charge in [-0.15, -0.1) is 0 Å². The van der Waals surface area contributed by atoms with Crippen LogP contribution in [0.3, 0.4) is 0 Å². The highest BCUT2D eigenvalue weighted by Crippen LogP contribution is 2.47. The third-order valence-corrected chi connectivity index (χ3v) is 12.6. The number of benzene rings is 3. The Bertz CT molecular complexity index is 1950. The van der Waals surface area contributed by atoms with Gasteiger partial charge >= 0.3 is 5.97 Å². The fraction of sp³-hybridized carbons (Fsp3) is 0.523. The molecular formula is C44H54N2O6S. The predicted molar refractivity (Wildman–Crippen MR) is 209 cm³/mol. The molecule has 282 valence electrons. The smallest absolute Gasteiger partial charge is 0.342 e. The van der Waals surface area contributed by atoms with E-state index in [4.69, 9.17) is 18.9 Å². The second kappa shape index (κ2) is 15.4. The van der Waals surface area contributed by atoms with Gasteiger partial charge in [0.15, 0.2) is 0 Å². The summed E-state index contributed by atoms with van der Waals surface area (Å²) in [4.78, 5) is 14.0. The zero-order chi connectivity index (χ0) is 37.4. The summed E-state index contributed by atoms with van der Waals surface area (Å²) in [5, 5.41) is 12.5. The Morgan fingerprint density at radius 3 is 2.08 bits per heavy atom. The van der Waals surface area contributed by atoms with Gasteiger partial charge in [0.1, 0.15) is 40.5 Å². The SMILES string of the molecule is COc1ccc(C2(O)OC(=O)C(c3ccc4nsnc4c3)=C2Cc2ccc(OC3CC(C)CCC3C(C)C)cc2OC2CC(C)CCC2C(C)C)cc1. The number of rotatable bonds is 11. The molecule has 7 rings (SSSR count). The van der Waals surface area contributed by atoms with Crippen LogP contribution < -0.4 is 14.2 Å². The van der Waals surface area contributed by atoms with E-state index in [9.17, 15) is 9.90 Å². The summed E-state index contributed by atoms with van der Waals surface area (Å²) >= 11 is 1.12. The first-order chi connectivity index (χ1) is 25.4. The van der Waals surface area contributed by atoms with E-state index < -0.39 is 11.8 Å². The van der Waals surface area contributed by atoms with E-state index in [2.05, 4.69) is 56.4 Å². The number of ether oxygens (including phenoxy) is 4. The Morgan fingerprint density at radius 2 is 1.43 bits per heavy atom. The highest BCUT2D eigenvalue weighted by Gasteiger charge is 2.48. The molecule has 2 saturated carbocycles. The highest BCUT2D eigenvalue weighted by atomic mass is 32.1. The third-order valence-electron chi connectivity index (χ3n) is 12.1. The average Bonchev–Trinajstić information content (AvgIpc) is 3.70. The molecule has 2 heterocycles. The van der Waals surface area contributed by atoms with Crippen molar-refractivity contribution in [2.45, 2.75) is 104 Å². The molecule has 0 saturated heterocycles. The Labute approximate surface area is 318 Å². The van der Waals surface area contributed by atoms with Crippen LogP contribution >= 0.6 is 11.7 Å². The quantitative estimate of drug-likeness (QED) is 0.152. The Balaban J connectivity index is 1.34. The Hall–Kier alpha value is -3.95. The van der Waals surface area contributed by atoms with Crippen LogP contribution in [0.15, 0.2) is 66.2 Å². The maximum atomic E-state index is 14.0. The number of carbonyl (C=O) groups excluding carboxylic acids is 1. The number of hydrogen-bond donors (Lipinski definition) is 1. The van der Waals surface area contributed by atoms with Gasteiger partial charge < -0.3 is 24.1 Å². The lowest BCUT2D eigenvalue weighted by molar-refractivity contribution is -0.185. The van der Waals surface area contributed by atoms with Gasteiger partial charge in [-0.1, -0.05) is 66.5 Å². The summed E-state index contributed by atoms with van der Waals surface area (Å²) < 4.78 is 34.2. The van der Waals surface area contributed by atoms with E-state index in [0.29, 0.717) is 69.0 Å². The number of cyclic esters (lactones) is 1. The first-order valence-electron chi connectivity index (χ1n) is 19.5. The molecule has 53 heavy (non-hydrogen) atoms. The maximum Gasteiger partial charge on any atom is 0.342 e. The van der Waals surface area contributed by atoms with E-state index in [1.165, 1.54) is 19.3 Å². The van der Waals surface area contributed by atoms with Crippen molar-refractivity contribution in [3.05, 3.63) is 82.9 Å². The van der Waals surface area contributed by atoms with Crippen LogP contribution in [0.5, 0.6) is 17.2 Å². The zero-order valence-corrected chi connectivity index (χ0v) is 32.9. The van der Waals surface area contributed by atoms with E-state index >= 15 is 0 Å². The summed E-state index contributed by atoms with van der Waals surface area (Å²) in [6, 6.07) is 18.7. The normalized spacial score (nSPS) is 27.8. The van der Waals surface area contributed by atoms with E-state index in [1.807, 2.05) is 30.3 Å². The molecule has 0 amide bonds. The summed E-state index contributed by atoms with van der Waals surface area (Å²) in [5.41, 5.74) is 4.08. The molecule has 1 N–H and O–H groups in total. The largest absolute Gasteiger partial charge is 0.497 e. The second-order valence-corrected chi connectivity index (χ2v) is 17.0. The van der Waals surface area contributed by atoms with E-state index in [0.717, 1.165) is 53.6 Å². The van der Waals surface area contributed by atoms with Gasteiger partial charge in [0.2, 0.25) is 0 Å². The monoisotopic (exact) mass is 738 g/mol. The van der Waals surface area contributed by atoms with Crippen LogP contribution in [0.4, 0.5) is 0 Å². The third kappa shape index (κ3) is 7.70. The molecule has 0 radical (unpaired) electrons. The molecular weight excluding hydrogens is 685 g/mol. The van der Waals surface area contributed by atoms with Gasteiger partial charge in [0.05, 0.1) is 24.4 Å². The van der Waals surface area contributed by atoms with Gasteiger partial charge in [-0.05, 0) is 115 Å². The minimum atomic E-state index is -2.02. The fourth-order valence-electron chi connectivity index (χ4n) is 8.92. The molecule has 1 aromatic heterocycles. The molecule has 1 aliphatic heterocycles. The topological polar surface area (TPSA) is 100 Å². The van der Waals surface area contributed by atoms with Gasteiger partial charge in [-0.2, -0.15) is 8.75 Å². The van der Waals surface area contributed by atoms with Gasteiger partial charge in [-0.25, -0.2) is 4.79 Å². The average molecular weight is 739 g/mol. The molecule has 4 aromatic rings. The summed E-state index contributed by atoms with van der Waals surface area (Å²) in [6.45, 7) is 13.8. The number of fused-ring (bicyclic) bond motifs is 1. The number of hydrogen-bond acceptors (Lipinski definition) is 9. The van der Waals surface area contributed by atoms with Crippen molar-refractivity contribution in [1.82, 2.24) is 8.75 Å². The Kier molecular flexibility index (Phi) is 10.9. The van der Waals surface area contributed by atoms with Crippen molar-refractivity contribution in [2.24, 2.45) is 35.5 Å². The van der Waals surface area contributed by atoms with E-state index in [-0.39, 0.29) is 18.6 Å². The molecule has 0 bridgehead atoms. The Morgan fingerprint density at radius 1 is 0.811 bits per heavy atom. The van der Waals surface area contributed by atoms with Crippen molar-refractivity contribution in [1.29, 1.82) is 0 Å². The van der Waals surface area contributed by atoms with Crippen molar-refractivity contribution >= 4 is 34.3 Å². The number of aliphatic hydroxyl groups is 1. The number of nitrogens with zero attached hydrogens (tertiary/aromatic N) is 2. The van der Waals surface area contributed by atoms with Crippen molar-refractivity contribution in [3.8, 4) is 17.2 Å². The molecule has 7 atom stereocenters. The number of esters is 1. The molecule has 0 spiro atoms. The number of carbonyl (C=O) groups is 1.